The summed E-state index contributed by atoms with van der Waals surface area (Å²) in [5.74, 6) is 0.455. The molecule has 1 aliphatic rings. The number of anilines is 2. The molecule has 2 rings (SSSR count). The average Bonchev–Trinajstić information content (AvgIpc) is 2.76. The Bertz CT molecular complexity index is 473. The molecule has 0 radical (unpaired) electrons. The van der Waals surface area contributed by atoms with Crippen molar-refractivity contribution in [3.05, 3.63) is 16.4 Å². The number of hydrogen-bond acceptors (Lipinski definition) is 7. The average molecular weight is 267 g/mol. The van der Waals surface area contributed by atoms with E-state index in [-0.39, 0.29) is 22.9 Å². The van der Waals surface area contributed by atoms with Gasteiger partial charge in [-0.2, -0.15) is 0 Å². The molecule has 0 amide bonds. The first kappa shape index (κ1) is 13.5. The number of aromatic nitrogens is 2. The van der Waals surface area contributed by atoms with Crippen molar-refractivity contribution in [2.75, 3.05) is 30.4 Å². The number of rotatable bonds is 5. The maximum absolute atomic E-state index is 11.2. The fourth-order valence-corrected chi connectivity index (χ4v) is 1.99. The summed E-state index contributed by atoms with van der Waals surface area (Å²) < 4.78 is 5.32. The number of hydrogen-bond donors (Lipinski definition) is 2. The van der Waals surface area contributed by atoms with E-state index in [2.05, 4.69) is 20.6 Å². The maximum atomic E-state index is 11.2. The molecule has 2 N–H and O–H groups in total. The summed E-state index contributed by atoms with van der Waals surface area (Å²) in [4.78, 5) is 18.6. The highest BCUT2D eigenvalue weighted by molar-refractivity contribution is 5.69. The molecule has 1 atom stereocenters. The Morgan fingerprint density at radius 1 is 1.53 bits per heavy atom. The minimum atomic E-state index is -0.473. The topological polar surface area (TPSA) is 102 Å². The number of nitro groups is 1. The molecule has 2 heterocycles. The van der Waals surface area contributed by atoms with Gasteiger partial charge in [-0.05, 0) is 20.3 Å². The molecule has 1 aromatic heterocycles. The van der Waals surface area contributed by atoms with Gasteiger partial charge in [0.05, 0.1) is 17.1 Å². The molecule has 0 spiro atoms. The molecule has 104 valence electrons. The van der Waals surface area contributed by atoms with Crippen molar-refractivity contribution in [2.45, 2.75) is 25.8 Å². The van der Waals surface area contributed by atoms with Gasteiger partial charge in [-0.3, -0.25) is 10.1 Å². The summed E-state index contributed by atoms with van der Waals surface area (Å²) in [6.07, 6.45) is 2.09. The fraction of sp³-hybridized carbons (Fsp3) is 0.636. The molecular weight excluding hydrogens is 250 g/mol. The van der Waals surface area contributed by atoms with Crippen LogP contribution in [0.3, 0.4) is 0 Å². The van der Waals surface area contributed by atoms with Crippen LogP contribution >= 0.6 is 0 Å². The molecule has 8 heteroatoms. The zero-order chi connectivity index (χ0) is 13.9. The van der Waals surface area contributed by atoms with E-state index >= 15 is 0 Å². The molecule has 0 saturated carbocycles. The summed E-state index contributed by atoms with van der Waals surface area (Å²) in [5.41, 5.74) is -0.458. The largest absolute Gasteiger partial charge is 0.379 e. The Kier molecular flexibility index (Phi) is 3.79. The van der Waals surface area contributed by atoms with Gasteiger partial charge in [0.15, 0.2) is 0 Å². The van der Waals surface area contributed by atoms with Crippen LogP contribution < -0.4 is 10.6 Å². The van der Waals surface area contributed by atoms with Gasteiger partial charge < -0.3 is 15.4 Å². The van der Waals surface area contributed by atoms with Crippen LogP contribution in [0.4, 0.5) is 17.3 Å². The fourth-order valence-electron chi connectivity index (χ4n) is 1.99. The highest BCUT2D eigenvalue weighted by Gasteiger charge is 2.33. The summed E-state index contributed by atoms with van der Waals surface area (Å²) >= 11 is 0. The van der Waals surface area contributed by atoms with Crippen LogP contribution in [0, 0.1) is 10.1 Å². The van der Waals surface area contributed by atoms with Gasteiger partial charge in [0.1, 0.15) is 6.33 Å². The number of ether oxygens (including phenoxy) is 1. The summed E-state index contributed by atoms with van der Waals surface area (Å²) in [7, 11) is 0. The smallest absolute Gasteiger partial charge is 0.353 e. The van der Waals surface area contributed by atoms with Crippen LogP contribution in [0.5, 0.6) is 0 Å². The summed E-state index contributed by atoms with van der Waals surface area (Å²) in [6.45, 7) is 5.51. The zero-order valence-electron chi connectivity index (χ0n) is 11.0. The third kappa shape index (κ3) is 2.90. The normalized spacial score (nSPS) is 22.2. The molecule has 1 aromatic rings. The lowest BCUT2D eigenvalue weighted by Gasteiger charge is -2.24. The Labute approximate surface area is 110 Å². The van der Waals surface area contributed by atoms with E-state index in [4.69, 9.17) is 4.74 Å². The van der Waals surface area contributed by atoms with Crippen LogP contribution in [0.1, 0.15) is 20.3 Å². The molecule has 1 saturated heterocycles. The second-order valence-corrected chi connectivity index (χ2v) is 4.70. The lowest BCUT2D eigenvalue weighted by molar-refractivity contribution is -0.383. The standard InChI is InChI=1S/C11H17N5O3/c1-3-12-9-8(16(17)18)10(14-7-13-9)15-11(2)4-5-19-6-11/h7H,3-6H2,1-2H3,(H2,12,13,14,15). The van der Waals surface area contributed by atoms with Crippen molar-refractivity contribution in [2.24, 2.45) is 0 Å². The van der Waals surface area contributed by atoms with Gasteiger partial charge in [-0.1, -0.05) is 0 Å². The Balaban J connectivity index is 2.33. The van der Waals surface area contributed by atoms with Crippen molar-refractivity contribution >= 4 is 17.3 Å². The number of nitrogens with one attached hydrogen (secondary N) is 2. The van der Waals surface area contributed by atoms with Crippen molar-refractivity contribution in [1.82, 2.24) is 9.97 Å². The van der Waals surface area contributed by atoms with E-state index in [1.807, 2.05) is 13.8 Å². The van der Waals surface area contributed by atoms with Crippen molar-refractivity contribution < 1.29 is 9.66 Å². The van der Waals surface area contributed by atoms with E-state index < -0.39 is 4.92 Å². The predicted octanol–water partition coefficient (Wildman–Crippen LogP) is 1.41. The highest BCUT2D eigenvalue weighted by Crippen LogP contribution is 2.32. The van der Waals surface area contributed by atoms with E-state index in [9.17, 15) is 10.1 Å². The highest BCUT2D eigenvalue weighted by atomic mass is 16.6. The molecule has 0 aromatic carbocycles. The first-order valence-electron chi connectivity index (χ1n) is 6.15. The second-order valence-electron chi connectivity index (χ2n) is 4.70. The lowest BCUT2D eigenvalue weighted by Crippen LogP contribution is -2.35. The molecule has 8 nitrogen and oxygen atoms in total. The van der Waals surface area contributed by atoms with Crippen LogP contribution in [-0.4, -0.2) is 40.2 Å². The Hall–Kier alpha value is -1.96. The van der Waals surface area contributed by atoms with E-state index in [0.717, 1.165) is 6.42 Å². The van der Waals surface area contributed by atoms with E-state index in [1.54, 1.807) is 0 Å². The van der Waals surface area contributed by atoms with Crippen molar-refractivity contribution in [1.29, 1.82) is 0 Å². The van der Waals surface area contributed by atoms with Crippen LogP contribution in [0.2, 0.25) is 0 Å². The summed E-state index contributed by atoms with van der Waals surface area (Å²) in [5, 5.41) is 17.2. The monoisotopic (exact) mass is 267 g/mol. The molecule has 1 aliphatic heterocycles. The molecule has 1 fully saturated rings. The first-order valence-corrected chi connectivity index (χ1v) is 6.15. The second kappa shape index (κ2) is 5.35. The third-order valence-electron chi connectivity index (χ3n) is 2.99. The van der Waals surface area contributed by atoms with Gasteiger partial charge in [0.25, 0.3) is 0 Å². The van der Waals surface area contributed by atoms with Crippen molar-refractivity contribution in [3.8, 4) is 0 Å². The van der Waals surface area contributed by atoms with E-state index in [1.165, 1.54) is 6.33 Å². The van der Waals surface area contributed by atoms with Gasteiger partial charge >= 0.3 is 5.69 Å². The molecule has 19 heavy (non-hydrogen) atoms. The van der Waals surface area contributed by atoms with Crippen LogP contribution in [0.15, 0.2) is 6.33 Å². The SMILES string of the molecule is CCNc1ncnc(NC2(C)CCOC2)c1[N+](=O)[O-]. The minimum Gasteiger partial charge on any atom is -0.379 e. The quantitative estimate of drug-likeness (QED) is 0.614. The lowest BCUT2D eigenvalue weighted by atomic mass is 10.0. The molecule has 0 bridgehead atoms. The summed E-state index contributed by atoms with van der Waals surface area (Å²) in [6, 6.07) is 0. The van der Waals surface area contributed by atoms with Crippen molar-refractivity contribution in [3.63, 3.8) is 0 Å². The van der Waals surface area contributed by atoms with Crippen LogP contribution in [0.25, 0.3) is 0 Å². The molecular formula is C11H17N5O3. The molecule has 1 unspecified atom stereocenters. The maximum Gasteiger partial charge on any atom is 0.353 e. The Morgan fingerprint density at radius 3 is 2.84 bits per heavy atom. The Morgan fingerprint density at radius 2 is 2.26 bits per heavy atom. The van der Waals surface area contributed by atoms with Gasteiger partial charge in [-0.15, -0.1) is 0 Å². The predicted molar refractivity (Wildman–Crippen MR) is 70.3 cm³/mol. The molecule has 0 aliphatic carbocycles. The van der Waals surface area contributed by atoms with Gasteiger partial charge in [-0.25, -0.2) is 9.97 Å². The zero-order valence-corrected chi connectivity index (χ0v) is 11.0. The third-order valence-corrected chi connectivity index (χ3v) is 2.99. The minimum absolute atomic E-state index is 0.127. The number of nitrogens with zero attached hydrogens (tertiary/aromatic N) is 3. The van der Waals surface area contributed by atoms with Gasteiger partial charge in [0.2, 0.25) is 11.6 Å². The first-order chi connectivity index (χ1) is 9.06. The van der Waals surface area contributed by atoms with Gasteiger partial charge in [0, 0.05) is 13.2 Å². The van der Waals surface area contributed by atoms with Crippen LogP contribution in [-0.2, 0) is 4.74 Å². The van der Waals surface area contributed by atoms with E-state index in [0.29, 0.717) is 19.8 Å².